The first-order valence-corrected chi connectivity index (χ1v) is 24.6. The van der Waals surface area contributed by atoms with Crippen molar-refractivity contribution in [3.63, 3.8) is 0 Å². The number of hydrogen-bond acceptors (Lipinski definition) is 6. The maximum Gasteiger partial charge on any atom is 0.229 e. The van der Waals surface area contributed by atoms with E-state index >= 15 is 0 Å². The second kappa shape index (κ2) is 19.4. The summed E-state index contributed by atoms with van der Waals surface area (Å²) < 4.78 is 29.8. The molecule has 0 aromatic heterocycles. The summed E-state index contributed by atoms with van der Waals surface area (Å²) in [6, 6.07) is 15.3. The average molecular weight is 823 g/mol. The Labute approximate surface area is 347 Å². The summed E-state index contributed by atoms with van der Waals surface area (Å²) in [6.07, 6.45) is 5.99. The summed E-state index contributed by atoms with van der Waals surface area (Å²) in [6.45, 7) is 22.6. The van der Waals surface area contributed by atoms with Gasteiger partial charge in [0.25, 0.3) is 0 Å². The summed E-state index contributed by atoms with van der Waals surface area (Å²) in [5.41, 5.74) is 9.33. The normalized spacial score (nSPS) is 11.9. The fourth-order valence-electron chi connectivity index (χ4n) is 9.11. The summed E-state index contributed by atoms with van der Waals surface area (Å²) >= 11 is 0. The summed E-state index contributed by atoms with van der Waals surface area (Å²) in [4.78, 5) is 57.0. The first-order chi connectivity index (χ1) is 27.1. The molecule has 8 heteroatoms. The minimum absolute atomic E-state index is 0.0292. The number of carbonyl (C=O) groups is 4. The Bertz CT molecular complexity index is 1960. The Morgan fingerprint density at radius 2 is 0.466 bits per heavy atom. The van der Waals surface area contributed by atoms with E-state index in [4.69, 9.17) is 0 Å². The zero-order valence-electron chi connectivity index (χ0n) is 37.0. The molecule has 6 nitrogen and oxygen atoms in total. The van der Waals surface area contributed by atoms with Crippen molar-refractivity contribution in [2.45, 2.75) is 134 Å². The molecule has 0 atom stereocenters. The van der Waals surface area contributed by atoms with Crippen LogP contribution in [0.4, 0.5) is 0 Å². The monoisotopic (exact) mass is 822 g/mol. The lowest BCUT2D eigenvalue weighted by molar-refractivity contribution is 0.102. The van der Waals surface area contributed by atoms with Gasteiger partial charge in [-0.3, -0.25) is 19.2 Å². The van der Waals surface area contributed by atoms with E-state index in [-0.39, 0.29) is 12.3 Å². The highest BCUT2D eigenvalue weighted by atomic mass is 31.2. The van der Waals surface area contributed by atoms with Crippen molar-refractivity contribution in [2.24, 2.45) is 0 Å². The Morgan fingerprint density at radius 1 is 0.310 bits per heavy atom. The van der Waals surface area contributed by atoms with E-state index in [1.54, 1.807) is 0 Å². The molecule has 0 aliphatic rings. The molecule has 0 radical (unpaired) electrons. The molecule has 0 aliphatic carbocycles. The molecule has 58 heavy (non-hydrogen) atoms. The molecule has 0 saturated carbocycles. The van der Waals surface area contributed by atoms with Gasteiger partial charge in [-0.2, -0.15) is 0 Å². The fourth-order valence-corrected chi connectivity index (χ4v) is 14.5. The van der Waals surface area contributed by atoms with Gasteiger partial charge in [0.1, 0.15) is 0 Å². The van der Waals surface area contributed by atoms with Gasteiger partial charge in [-0.25, -0.2) is 0 Å². The molecule has 0 unspecified atom stereocenters. The van der Waals surface area contributed by atoms with Crippen LogP contribution in [0.25, 0.3) is 0 Å². The topological polar surface area (TPSA) is 102 Å². The number of unbranched alkanes of at least 4 members (excludes halogenated alkanes) is 7. The Kier molecular flexibility index (Phi) is 15.6. The number of benzene rings is 4. The van der Waals surface area contributed by atoms with Crippen molar-refractivity contribution >= 4 is 36.4 Å². The molecule has 0 N–H and O–H groups in total. The molecular formula is C50H64O6P2. The third-order valence-electron chi connectivity index (χ3n) is 11.6. The van der Waals surface area contributed by atoms with E-state index in [2.05, 4.69) is 0 Å². The molecular weight excluding hydrogens is 758 g/mol. The quantitative estimate of drug-likeness (QED) is 0.0689. The lowest BCUT2D eigenvalue weighted by atomic mass is 10.0. The first kappa shape index (κ1) is 46.7. The van der Waals surface area contributed by atoms with Gasteiger partial charge in [0.2, 0.25) is 36.4 Å². The van der Waals surface area contributed by atoms with Crippen LogP contribution in [0.2, 0.25) is 0 Å². The van der Waals surface area contributed by atoms with Crippen LogP contribution in [0.15, 0.2) is 48.5 Å². The van der Waals surface area contributed by atoms with Crippen LogP contribution >= 0.6 is 14.3 Å². The summed E-state index contributed by atoms with van der Waals surface area (Å²) in [7, 11) is -8.02. The molecule has 0 fully saturated rings. The summed E-state index contributed by atoms with van der Waals surface area (Å²) in [5.74, 6) is 0. The largest absolute Gasteiger partial charge is 0.307 e. The van der Waals surface area contributed by atoms with Crippen LogP contribution in [0.1, 0.15) is 160 Å². The molecule has 0 bridgehead atoms. The molecule has 310 valence electrons. The zero-order chi connectivity index (χ0) is 43.3. The number of hydrogen-bond donors (Lipinski definition) is 0. The van der Waals surface area contributed by atoms with E-state index in [1.165, 1.54) is 0 Å². The number of rotatable bonds is 19. The average Bonchev–Trinajstić information content (AvgIpc) is 3.10. The van der Waals surface area contributed by atoms with E-state index in [1.807, 2.05) is 132 Å². The van der Waals surface area contributed by atoms with E-state index in [0.717, 1.165) is 105 Å². The lowest BCUT2D eigenvalue weighted by Crippen LogP contribution is -2.17. The van der Waals surface area contributed by atoms with Crippen LogP contribution in [0.5, 0.6) is 0 Å². The van der Waals surface area contributed by atoms with Crippen LogP contribution in [-0.4, -0.2) is 34.4 Å². The number of aryl methyl sites for hydroxylation is 12. The predicted octanol–water partition coefficient (Wildman–Crippen LogP) is 13.9. The van der Waals surface area contributed by atoms with Crippen molar-refractivity contribution in [1.82, 2.24) is 0 Å². The van der Waals surface area contributed by atoms with Gasteiger partial charge in [0.15, 0.2) is 0 Å². The highest BCUT2D eigenvalue weighted by molar-refractivity contribution is 7.95. The Morgan fingerprint density at radius 3 is 0.638 bits per heavy atom. The van der Waals surface area contributed by atoms with Gasteiger partial charge in [-0.15, -0.1) is 0 Å². The van der Waals surface area contributed by atoms with E-state index in [9.17, 15) is 28.3 Å². The predicted molar refractivity (Wildman–Crippen MR) is 242 cm³/mol. The van der Waals surface area contributed by atoms with Gasteiger partial charge in [-0.05, 0) is 140 Å². The first-order valence-electron chi connectivity index (χ1n) is 20.8. The van der Waals surface area contributed by atoms with Crippen LogP contribution in [0, 0.1) is 83.1 Å². The SMILES string of the molecule is Cc1cc(C)c(C(=O)P(=O)(CCCCCCCCCCP(=O)(C(=O)c2c(C)cc(C)cc2C)C(=O)c2c(C)cc(C)cc2C)C(=O)c2c(C)cc(C)cc2C)c(C)c1. The molecule has 4 rings (SSSR count). The molecule has 4 aromatic rings. The maximum atomic E-state index is 14.9. The van der Waals surface area contributed by atoms with Crippen molar-refractivity contribution < 1.29 is 28.3 Å². The Balaban J connectivity index is 1.41. The van der Waals surface area contributed by atoms with Crippen molar-refractivity contribution in [1.29, 1.82) is 0 Å². The van der Waals surface area contributed by atoms with Crippen LogP contribution in [0.3, 0.4) is 0 Å². The highest BCUT2D eigenvalue weighted by Crippen LogP contribution is 2.56. The minimum atomic E-state index is -4.01. The fraction of sp³-hybridized carbons (Fsp3) is 0.440. The zero-order valence-corrected chi connectivity index (χ0v) is 38.8. The van der Waals surface area contributed by atoms with Crippen molar-refractivity contribution in [3.05, 3.63) is 138 Å². The van der Waals surface area contributed by atoms with E-state index < -0.39 is 36.4 Å². The van der Waals surface area contributed by atoms with Gasteiger partial charge >= 0.3 is 0 Å². The standard InChI is InChI=1S/C50H64O6P2/c1-31-23-35(5)43(36(6)24-31)47(51)57(55,48(52)44-37(7)25-32(2)26-38(44)8)21-19-17-15-13-14-16-18-20-22-58(56,49(53)45-39(9)27-33(3)28-40(45)10)50(54)46-41(11)29-34(4)30-42(46)12/h23-30H,13-22H2,1-12H3. The lowest BCUT2D eigenvalue weighted by Gasteiger charge is -2.21. The third-order valence-corrected chi connectivity index (χ3v) is 17.0. The van der Waals surface area contributed by atoms with Gasteiger partial charge in [0.05, 0.1) is 0 Å². The second-order valence-electron chi connectivity index (χ2n) is 17.1. The smallest absolute Gasteiger partial charge is 0.229 e. The third kappa shape index (κ3) is 10.2. The van der Waals surface area contributed by atoms with Crippen LogP contribution < -0.4 is 0 Å². The molecule has 4 aromatic carbocycles. The molecule has 0 saturated heterocycles. The molecule has 0 spiro atoms. The van der Waals surface area contributed by atoms with Crippen molar-refractivity contribution in [2.75, 3.05) is 12.3 Å². The maximum absolute atomic E-state index is 14.9. The van der Waals surface area contributed by atoms with E-state index in [0.29, 0.717) is 35.1 Å². The second-order valence-corrected chi connectivity index (χ2v) is 22.5. The Hall–Kier alpha value is -3.98. The van der Waals surface area contributed by atoms with Gasteiger partial charge in [-0.1, -0.05) is 109 Å². The molecule has 0 heterocycles. The summed E-state index contributed by atoms with van der Waals surface area (Å²) in [5, 5.41) is 0. The van der Waals surface area contributed by atoms with Crippen molar-refractivity contribution in [3.8, 4) is 0 Å². The van der Waals surface area contributed by atoms with Gasteiger partial charge in [0, 0.05) is 34.6 Å². The minimum Gasteiger partial charge on any atom is -0.307 e. The van der Waals surface area contributed by atoms with Crippen LogP contribution in [-0.2, 0) is 9.13 Å². The molecule has 0 amide bonds. The van der Waals surface area contributed by atoms with Gasteiger partial charge < -0.3 is 9.13 Å². The highest BCUT2D eigenvalue weighted by Gasteiger charge is 2.44. The number of carbonyl (C=O) groups excluding carboxylic acids is 4. The molecule has 0 aliphatic heterocycles.